The summed E-state index contributed by atoms with van der Waals surface area (Å²) in [7, 11) is 0. The van der Waals surface area contributed by atoms with Crippen LogP contribution in [0.5, 0.6) is 0 Å². The Labute approximate surface area is 147 Å². The van der Waals surface area contributed by atoms with E-state index in [1.807, 2.05) is 6.92 Å². The molecule has 0 aromatic heterocycles. The molecule has 1 aromatic rings. The van der Waals surface area contributed by atoms with Gasteiger partial charge in [-0.1, -0.05) is 46.5 Å². The lowest BCUT2D eigenvalue weighted by molar-refractivity contribution is 0.366. The van der Waals surface area contributed by atoms with Gasteiger partial charge in [-0.15, -0.1) is 0 Å². The van der Waals surface area contributed by atoms with Crippen molar-refractivity contribution in [1.29, 1.82) is 0 Å². The van der Waals surface area contributed by atoms with Gasteiger partial charge in [-0.05, 0) is 25.2 Å². The number of anilines is 1. The van der Waals surface area contributed by atoms with Gasteiger partial charge in [0, 0.05) is 13.1 Å². The average Bonchev–Trinajstić information content (AvgIpc) is 2.60. The summed E-state index contributed by atoms with van der Waals surface area (Å²) >= 11 is 0. The van der Waals surface area contributed by atoms with Crippen molar-refractivity contribution < 1.29 is 22.0 Å². The molecule has 0 aliphatic heterocycles. The number of nitrogens with zero attached hydrogens (tertiary/aromatic N) is 1. The van der Waals surface area contributed by atoms with Crippen molar-refractivity contribution in [2.45, 2.75) is 59.8 Å². The molecule has 2 unspecified atom stereocenters. The second-order valence-corrected chi connectivity index (χ2v) is 6.70. The van der Waals surface area contributed by atoms with Gasteiger partial charge in [0.2, 0.25) is 5.82 Å². The number of rotatable bonds is 10. The Morgan fingerprint density at radius 1 is 0.760 bits per heavy atom. The van der Waals surface area contributed by atoms with E-state index in [1.165, 1.54) is 4.90 Å². The maximum Gasteiger partial charge on any atom is 0.200 e. The molecule has 0 spiro atoms. The summed E-state index contributed by atoms with van der Waals surface area (Å²) in [5, 5.41) is 0. The first-order chi connectivity index (χ1) is 11.8. The van der Waals surface area contributed by atoms with Gasteiger partial charge in [0.15, 0.2) is 23.3 Å². The third-order valence-electron chi connectivity index (χ3n) is 4.76. The Kier molecular flexibility index (Phi) is 8.66. The van der Waals surface area contributed by atoms with Crippen LogP contribution in [-0.2, 0) is 0 Å². The number of benzene rings is 1. The lowest BCUT2D eigenvalue weighted by atomic mass is 9.91. The number of hydrogen-bond donors (Lipinski definition) is 0. The van der Waals surface area contributed by atoms with Crippen molar-refractivity contribution >= 4 is 5.69 Å². The quantitative estimate of drug-likeness (QED) is 0.262. The molecule has 0 heterocycles. The van der Waals surface area contributed by atoms with Gasteiger partial charge in [-0.25, -0.2) is 22.0 Å². The smallest absolute Gasteiger partial charge is 0.200 e. The van der Waals surface area contributed by atoms with Crippen LogP contribution in [0.4, 0.5) is 27.6 Å². The Balaban J connectivity index is 2.90. The van der Waals surface area contributed by atoms with E-state index < -0.39 is 34.8 Å². The van der Waals surface area contributed by atoms with E-state index in [0.29, 0.717) is 5.92 Å². The van der Waals surface area contributed by atoms with E-state index in [0.717, 1.165) is 32.1 Å². The monoisotopic (exact) mass is 365 g/mol. The molecule has 0 amide bonds. The predicted octanol–water partition coefficient (Wildman–Crippen LogP) is 6.45. The molecular weight excluding hydrogens is 337 g/mol. The standard InChI is InChI=1S/C19H28F5N/c1-5-8-13(6-2)10-9-12(4)11-25(7-3)19-17(23)15(21)14(20)16(22)18(19)24/h12-13H,5-11H2,1-4H3. The zero-order valence-electron chi connectivity index (χ0n) is 15.4. The zero-order chi connectivity index (χ0) is 19.1. The average molecular weight is 365 g/mol. The van der Waals surface area contributed by atoms with Crippen LogP contribution in [0, 0.1) is 40.9 Å². The van der Waals surface area contributed by atoms with Gasteiger partial charge in [0.1, 0.15) is 5.69 Å². The highest BCUT2D eigenvalue weighted by Gasteiger charge is 2.29. The summed E-state index contributed by atoms with van der Waals surface area (Å²) in [5.74, 6) is -8.74. The highest BCUT2D eigenvalue weighted by molar-refractivity contribution is 5.50. The predicted molar refractivity (Wildman–Crippen MR) is 91.2 cm³/mol. The summed E-state index contributed by atoms with van der Waals surface area (Å²) < 4.78 is 68.1. The van der Waals surface area contributed by atoms with Crippen LogP contribution in [0.2, 0.25) is 0 Å². The van der Waals surface area contributed by atoms with Crippen molar-refractivity contribution in [2.75, 3.05) is 18.0 Å². The normalized spacial score (nSPS) is 13.8. The molecule has 1 nitrogen and oxygen atoms in total. The second kappa shape index (κ2) is 9.97. The van der Waals surface area contributed by atoms with E-state index in [4.69, 9.17) is 0 Å². The first-order valence-electron chi connectivity index (χ1n) is 9.04. The van der Waals surface area contributed by atoms with Gasteiger partial charge >= 0.3 is 0 Å². The van der Waals surface area contributed by atoms with Gasteiger partial charge in [-0.2, -0.15) is 0 Å². The van der Waals surface area contributed by atoms with E-state index in [2.05, 4.69) is 13.8 Å². The molecule has 6 heteroatoms. The van der Waals surface area contributed by atoms with Crippen LogP contribution in [0.15, 0.2) is 0 Å². The molecular formula is C19H28F5N. The SMILES string of the molecule is CCCC(CC)CCC(C)CN(CC)c1c(F)c(F)c(F)c(F)c1F. The zero-order valence-corrected chi connectivity index (χ0v) is 15.4. The fourth-order valence-electron chi connectivity index (χ4n) is 3.20. The summed E-state index contributed by atoms with van der Waals surface area (Å²) in [6.07, 6.45) is 5.18. The topological polar surface area (TPSA) is 3.24 Å². The number of hydrogen-bond acceptors (Lipinski definition) is 1. The molecule has 0 aliphatic carbocycles. The molecule has 0 fully saturated rings. The maximum absolute atomic E-state index is 14.0. The molecule has 0 N–H and O–H groups in total. The van der Waals surface area contributed by atoms with Crippen LogP contribution >= 0.6 is 0 Å². The molecule has 1 aromatic carbocycles. The van der Waals surface area contributed by atoms with Gasteiger partial charge in [0.25, 0.3) is 0 Å². The van der Waals surface area contributed by atoms with Gasteiger partial charge in [-0.3, -0.25) is 0 Å². The van der Waals surface area contributed by atoms with Crippen LogP contribution in [0.3, 0.4) is 0 Å². The molecule has 25 heavy (non-hydrogen) atoms. The minimum absolute atomic E-state index is 0.0841. The van der Waals surface area contributed by atoms with Crippen LogP contribution in [-0.4, -0.2) is 13.1 Å². The van der Waals surface area contributed by atoms with Crippen LogP contribution in [0.1, 0.15) is 59.8 Å². The Bertz CT molecular complexity index is 532. The van der Waals surface area contributed by atoms with E-state index in [1.54, 1.807) is 6.92 Å². The minimum Gasteiger partial charge on any atom is -0.367 e. The lowest BCUT2D eigenvalue weighted by Crippen LogP contribution is -2.31. The van der Waals surface area contributed by atoms with Crippen molar-refractivity contribution in [3.63, 3.8) is 0 Å². The second-order valence-electron chi connectivity index (χ2n) is 6.70. The van der Waals surface area contributed by atoms with Gasteiger partial charge in [0.05, 0.1) is 0 Å². The van der Waals surface area contributed by atoms with Crippen LogP contribution in [0.25, 0.3) is 0 Å². The molecule has 2 atom stereocenters. The summed E-state index contributed by atoms with van der Waals surface area (Å²) in [6, 6.07) is 0. The Morgan fingerprint density at radius 3 is 1.72 bits per heavy atom. The van der Waals surface area contributed by atoms with E-state index in [9.17, 15) is 22.0 Å². The maximum atomic E-state index is 14.0. The van der Waals surface area contributed by atoms with Crippen molar-refractivity contribution in [3.8, 4) is 0 Å². The molecule has 0 saturated carbocycles. The lowest BCUT2D eigenvalue weighted by Gasteiger charge is -2.28. The molecule has 1 rings (SSSR count). The van der Waals surface area contributed by atoms with E-state index in [-0.39, 0.29) is 19.0 Å². The molecule has 0 aliphatic rings. The summed E-state index contributed by atoms with van der Waals surface area (Å²) in [4.78, 5) is 1.24. The fourth-order valence-corrected chi connectivity index (χ4v) is 3.20. The number of halogens is 5. The Morgan fingerprint density at radius 2 is 1.28 bits per heavy atom. The molecule has 0 saturated heterocycles. The molecule has 0 radical (unpaired) electrons. The third kappa shape index (κ3) is 5.32. The first kappa shape index (κ1) is 21.7. The minimum atomic E-state index is -2.12. The van der Waals surface area contributed by atoms with E-state index >= 15 is 0 Å². The molecule has 0 bridgehead atoms. The van der Waals surface area contributed by atoms with Gasteiger partial charge < -0.3 is 4.90 Å². The fraction of sp³-hybridized carbons (Fsp3) is 0.684. The van der Waals surface area contributed by atoms with Crippen molar-refractivity contribution in [1.82, 2.24) is 0 Å². The highest BCUT2D eigenvalue weighted by Crippen LogP contribution is 2.31. The summed E-state index contributed by atoms with van der Waals surface area (Å²) in [5.41, 5.74) is -0.827. The first-order valence-corrected chi connectivity index (χ1v) is 9.04. The Hall–Kier alpha value is -1.33. The molecule has 144 valence electrons. The van der Waals surface area contributed by atoms with Crippen molar-refractivity contribution in [2.24, 2.45) is 11.8 Å². The third-order valence-corrected chi connectivity index (χ3v) is 4.76. The highest BCUT2D eigenvalue weighted by atomic mass is 19.2. The largest absolute Gasteiger partial charge is 0.367 e. The summed E-state index contributed by atoms with van der Waals surface area (Å²) in [6.45, 7) is 8.25. The van der Waals surface area contributed by atoms with Crippen LogP contribution < -0.4 is 4.90 Å². The van der Waals surface area contributed by atoms with Crippen molar-refractivity contribution in [3.05, 3.63) is 29.1 Å².